The third kappa shape index (κ3) is 4.28. The summed E-state index contributed by atoms with van der Waals surface area (Å²) in [6.45, 7) is 0. The van der Waals surface area contributed by atoms with Crippen LogP contribution in [-0.2, 0) is 4.79 Å². The van der Waals surface area contributed by atoms with E-state index in [1.165, 1.54) is 11.3 Å². The van der Waals surface area contributed by atoms with Crippen LogP contribution in [0.2, 0.25) is 0 Å². The van der Waals surface area contributed by atoms with Gasteiger partial charge in [-0.05, 0) is 29.8 Å². The van der Waals surface area contributed by atoms with Crippen molar-refractivity contribution in [2.45, 2.75) is 6.04 Å². The highest BCUT2D eigenvalue weighted by Crippen LogP contribution is 2.28. The molecule has 10 heteroatoms. The van der Waals surface area contributed by atoms with Gasteiger partial charge in [-0.25, -0.2) is 14.4 Å². The summed E-state index contributed by atoms with van der Waals surface area (Å²) in [6.07, 6.45) is 0. The Hall–Kier alpha value is -4.05. The molecule has 0 aliphatic rings. The molecule has 2 aromatic carbocycles. The zero-order valence-electron chi connectivity index (χ0n) is 16.0. The first-order chi connectivity index (χ1) is 14.9. The number of carbonyl (C=O) groups is 2. The van der Waals surface area contributed by atoms with Crippen LogP contribution in [0.1, 0.15) is 22.0 Å². The molecule has 0 aliphatic heterocycles. The summed E-state index contributed by atoms with van der Waals surface area (Å²) >= 11 is 1.45. The quantitative estimate of drug-likeness (QED) is 0.351. The number of thiazole rings is 1. The van der Waals surface area contributed by atoms with E-state index >= 15 is 0 Å². The predicted molar refractivity (Wildman–Crippen MR) is 118 cm³/mol. The fourth-order valence-corrected chi connectivity index (χ4v) is 3.76. The highest BCUT2D eigenvalue weighted by atomic mass is 32.1. The van der Waals surface area contributed by atoms with Gasteiger partial charge in [0.2, 0.25) is 5.91 Å². The molecule has 0 radical (unpaired) electrons. The molecule has 156 valence electrons. The Bertz CT molecular complexity index is 1280. The van der Waals surface area contributed by atoms with Crippen molar-refractivity contribution in [1.82, 2.24) is 9.97 Å². The van der Waals surface area contributed by atoms with Crippen molar-refractivity contribution in [3.8, 4) is 0 Å². The summed E-state index contributed by atoms with van der Waals surface area (Å²) < 4.78 is 15.6. The molecule has 4 rings (SSSR count). The van der Waals surface area contributed by atoms with Crippen molar-refractivity contribution < 1.29 is 14.0 Å². The molecular formula is C21H17FN6O2S. The van der Waals surface area contributed by atoms with E-state index in [1.54, 1.807) is 48.0 Å². The molecule has 2 amide bonds. The Morgan fingerprint density at radius 3 is 2.52 bits per heavy atom. The minimum absolute atomic E-state index is 0.0385. The van der Waals surface area contributed by atoms with Crippen molar-refractivity contribution in [1.29, 1.82) is 0 Å². The molecule has 2 heterocycles. The summed E-state index contributed by atoms with van der Waals surface area (Å²) in [4.78, 5) is 32.3. The Morgan fingerprint density at radius 2 is 1.81 bits per heavy atom. The van der Waals surface area contributed by atoms with E-state index in [1.807, 2.05) is 6.07 Å². The fourth-order valence-electron chi connectivity index (χ4n) is 3.04. The second-order valence-corrected chi connectivity index (χ2v) is 7.52. The lowest BCUT2D eigenvalue weighted by molar-refractivity contribution is -0.118. The largest absolute Gasteiger partial charge is 0.368 e. The number of carbonyl (C=O) groups excluding carboxylic acids is 2. The smallest absolute Gasteiger partial charge is 0.252 e. The topological polar surface area (TPSA) is 136 Å². The van der Waals surface area contributed by atoms with Gasteiger partial charge < -0.3 is 22.1 Å². The number of pyridine rings is 1. The Kier molecular flexibility index (Phi) is 5.46. The molecule has 0 spiro atoms. The highest BCUT2D eigenvalue weighted by Gasteiger charge is 2.22. The average molecular weight is 436 g/mol. The van der Waals surface area contributed by atoms with E-state index < -0.39 is 23.7 Å². The normalized spacial score (nSPS) is 11.8. The number of anilines is 3. The molecule has 4 aromatic rings. The first kappa shape index (κ1) is 20.2. The van der Waals surface area contributed by atoms with Crippen molar-refractivity contribution in [2.75, 3.05) is 10.6 Å². The van der Waals surface area contributed by atoms with Gasteiger partial charge in [-0.3, -0.25) is 9.59 Å². The highest BCUT2D eigenvalue weighted by molar-refractivity contribution is 7.16. The molecule has 0 saturated carbocycles. The lowest BCUT2D eigenvalue weighted by atomic mass is 10.1. The number of aromatic nitrogens is 2. The number of amides is 2. The minimum Gasteiger partial charge on any atom is -0.368 e. The third-order valence-corrected chi connectivity index (χ3v) is 5.33. The van der Waals surface area contributed by atoms with Crippen LogP contribution in [0.25, 0.3) is 10.2 Å². The van der Waals surface area contributed by atoms with Crippen LogP contribution in [-0.4, -0.2) is 21.8 Å². The lowest BCUT2D eigenvalue weighted by Crippen LogP contribution is -2.28. The van der Waals surface area contributed by atoms with Crippen LogP contribution in [0.4, 0.5) is 21.7 Å². The second-order valence-electron chi connectivity index (χ2n) is 6.63. The molecule has 0 fully saturated rings. The number of benzene rings is 2. The number of hydrogen-bond acceptors (Lipinski definition) is 7. The molecule has 6 N–H and O–H groups in total. The molecule has 1 atom stereocenters. The minimum atomic E-state index is -1.02. The summed E-state index contributed by atoms with van der Waals surface area (Å²) in [6, 6.07) is 13.9. The van der Waals surface area contributed by atoms with Gasteiger partial charge in [-0.15, -0.1) is 11.3 Å². The van der Waals surface area contributed by atoms with Crippen LogP contribution in [0, 0.1) is 5.82 Å². The first-order valence-electron chi connectivity index (χ1n) is 9.14. The molecule has 0 saturated heterocycles. The lowest BCUT2D eigenvalue weighted by Gasteiger charge is -2.18. The van der Waals surface area contributed by atoms with E-state index in [4.69, 9.17) is 11.5 Å². The second kappa shape index (κ2) is 8.36. The molecule has 2 aromatic heterocycles. The Labute approximate surface area is 180 Å². The van der Waals surface area contributed by atoms with Crippen LogP contribution in [0.5, 0.6) is 0 Å². The van der Waals surface area contributed by atoms with Crippen LogP contribution >= 0.6 is 11.3 Å². The van der Waals surface area contributed by atoms with Gasteiger partial charge in [0.15, 0.2) is 11.6 Å². The van der Waals surface area contributed by atoms with Crippen molar-refractivity contribution in [3.05, 3.63) is 77.1 Å². The summed E-state index contributed by atoms with van der Waals surface area (Å²) in [5.41, 5.74) is 14.5. The SMILES string of the molecule is NC(=O)c1cc(F)c(N[C@@H](C(N)=O)c2ccccc2)nc1Nc1ccc2ncsc2c1. The third-order valence-electron chi connectivity index (χ3n) is 4.53. The molecule has 0 bridgehead atoms. The van der Waals surface area contributed by atoms with Gasteiger partial charge in [0.1, 0.15) is 11.9 Å². The molecule has 0 unspecified atom stereocenters. The van der Waals surface area contributed by atoms with Crippen molar-refractivity contribution in [3.63, 3.8) is 0 Å². The zero-order valence-corrected chi connectivity index (χ0v) is 16.8. The summed E-state index contributed by atoms with van der Waals surface area (Å²) in [7, 11) is 0. The Morgan fingerprint density at radius 1 is 1.03 bits per heavy atom. The maximum Gasteiger partial charge on any atom is 0.252 e. The van der Waals surface area contributed by atoms with Crippen molar-refractivity contribution >= 4 is 50.7 Å². The molecule has 31 heavy (non-hydrogen) atoms. The number of hydrogen-bond donors (Lipinski definition) is 4. The predicted octanol–water partition coefficient (Wildman–Crippen LogP) is 3.31. The first-order valence-corrected chi connectivity index (χ1v) is 10.0. The van der Waals surface area contributed by atoms with Crippen LogP contribution < -0.4 is 22.1 Å². The summed E-state index contributed by atoms with van der Waals surface area (Å²) in [5, 5.41) is 5.71. The maximum absolute atomic E-state index is 14.7. The van der Waals surface area contributed by atoms with Gasteiger partial charge in [0.25, 0.3) is 5.91 Å². The Balaban J connectivity index is 1.71. The number of nitrogens with one attached hydrogen (secondary N) is 2. The number of fused-ring (bicyclic) bond motifs is 1. The van der Waals surface area contributed by atoms with E-state index in [0.717, 1.165) is 16.3 Å². The van der Waals surface area contributed by atoms with Crippen LogP contribution in [0.15, 0.2) is 60.1 Å². The maximum atomic E-state index is 14.7. The number of halogens is 1. The van der Waals surface area contributed by atoms with E-state index in [-0.39, 0.29) is 17.2 Å². The van der Waals surface area contributed by atoms with E-state index in [9.17, 15) is 14.0 Å². The van der Waals surface area contributed by atoms with Gasteiger partial charge >= 0.3 is 0 Å². The molecule has 0 aliphatic carbocycles. The summed E-state index contributed by atoms with van der Waals surface area (Å²) in [5.74, 6) is -2.62. The van der Waals surface area contributed by atoms with Crippen molar-refractivity contribution in [2.24, 2.45) is 11.5 Å². The van der Waals surface area contributed by atoms with Crippen LogP contribution in [0.3, 0.4) is 0 Å². The number of nitrogens with zero attached hydrogens (tertiary/aromatic N) is 2. The average Bonchev–Trinajstić information content (AvgIpc) is 3.21. The zero-order chi connectivity index (χ0) is 22.0. The molecule has 8 nitrogen and oxygen atoms in total. The van der Waals surface area contributed by atoms with E-state index in [0.29, 0.717) is 11.3 Å². The number of rotatable bonds is 7. The monoisotopic (exact) mass is 436 g/mol. The molecular weight excluding hydrogens is 419 g/mol. The fraction of sp³-hybridized carbons (Fsp3) is 0.0476. The number of nitrogens with two attached hydrogens (primary N) is 2. The number of primary amides is 2. The van der Waals surface area contributed by atoms with Gasteiger partial charge in [-0.1, -0.05) is 30.3 Å². The van der Waals surface area contributed by atoms with Gasteiger partial charge in [0.05, 0.1) is 21.3 Å². The standard InChI is InChI=1S/C21H17FN6O2S/c22-14-9-13(18(23)29)20(26-12-6-7-15-16(8-12)31-10-25-15)28-21(14)27-17(19(24)30)11-4-2-1-3-5-11/h1-10,17H,(H2,23,29)(H2,24,30)(H2,26,27,28)/t17-/m1/s1. The van der Waals surface area contributed by atoms with Gasteiger partial charge in [0, 0.05) is 5.69 Å². The van der Waals surface area contributed by atoms with E-state index in [2.05, 4.69) is 20.6 Å². The van der Waals surface area contributed by atoms with Gasteiger partial charge in [-0.2, -0.15) is 0 Å².